The van der Waals surface area contributed by atoms with Crippen molar-refractivity contribution < 1.29 is 44.8 Å². The molecule has 2 aromatic carbocycles. The number of methoxy groups -OCH3 is 1. The second kappa shape index (κ2) is 10.5. The molecule has 4 aromatic rings. The summed E-state index contributed by atoms with van der Waals surface area (Å²) in [6, 6.07) is 5.40. The summed E-state index contributed by atoms with van der Waals surface area (Å²) in [6.07, 6.45) is -2.24. The Bertz CT molecular complexity index is 1810. The fraction of sp³-hybridized carbons (Fsp3) is 0.259. The number of nitrogens with zero attached hydrogens (tertiary/aromatic N) is 2. The number of carbonyl (C=O) groups is 2. The van der Waals surface area contributed by atoms with E-state index >= 15 is 0 Å². The molecule has 9 nitrogen and oxygen atoms in total. The highest BCUT2D eigenvalue weighted by Gasteiger charge is 2.32. The second-order valence-corrected chi connectivity index (χ2v) is 8.90. The van der Waals surface area contributed by atoms with E-state index in [1.807, 2.05) is 5.32 Å². The number of fused-ring (bicyclic) bond motifs is 1. The van der Waals surface area contributed by atoms with E-state index in [0.717, 1.165) is 18.9 Å². The topological polar surface area (TPSA) is 118 Å². The van der Waals surface area contributed by atoms with Gasteiger partial charge in [0.15, 0.2) is 5.69 Å². The van der Waals surface area contributed by atoms with Gasteiger partial charge in [0, 0.05) is 32.9 Å². The van der Waals surface area contributed by atoms with Crippen LogP contribution in [0.4, 0.5) is 17.6 Å². The van der Waals surface area contributed by atoms with Crippen molar-refractivity contribution in [3.63, 3.8) is 0 Å². The SMILES string of the molecule is [2H]C([2H])([2H])Oc1ncc(-c2ccc3c(C(=O)NC4CC4)n[nH]c3c2)cc1C(=O)N[C@@H](c1cc(OC(F)(F)F)ccc1F)C([2H])([2H])[2H]. The molecule has 3 N–H and O–H groups in total. The minimum Gasteiger partial charge on any atom is -0.480 e. The molecule has 2 aromatic heterocycles. The van der Waals surface area contributed by atoms with E-state index in [1.165, 1.54) is 6.20 Å². The van der Waals surface area contributed by atoms with Crippen molar-refractivity contribution in [2.24, 2.45) is 0 Å². The molecule has 0 spiro atoms. The van der Waals surface area contributed by atoms with Gasteiger partial charge in [-0.1, -0.05) is 6.07 Å². The average Bonchev–Trinajstić information content (AvgIpc) is 3.65. The fourth-order valence-electron chi connectivity index (χ4n) is 3.93. The maximum absolute atomic E-state index is 14.8. The molecule has 1 fully saturated rings. The number of pyridine rings is 1. The summed E-state index contributed by atoms with van der Waals surface area (Å²) < 4.78 is 108. The van der Waals surface area contributed by atoms with Crippen LogP contribution in [0, 0.1) is 5.82 Å². The van der Waals surface area contributed by atoms with Gasteiger partial charge in [0.1, 0.15) is 17.1 Å². The van der Waals surface area contributed by atoms with Crippen LogP contribution in [0.2, 0.25) is 0 Å². The minimum atomic E-state index is -5.18. The molecule has 0 saturated heterocycles. The summed E-state index contributed by atoms with van der Waals surface area (Å²) in [6.45, 7) is -3.21. The Hall–Kier alpha value is -4.68. The van der Waals surface area contributed by atoms with Crippen LogP contribution in [0.5, 0.6) is 11.6 Å². The van der Waals surface area contributed by atoms with Crippen molar-refractivity contribution >= 4 is 22.7 Å². The summed E-state index contributed by atoms with van der Waals surface area (Å²) in [5, 5.41) is 12.2. The predicted molar refractivity (Wildman–Crippen MR) is 135 cm³/mol. The molecular formula is C27H23F4N5O4. The van der Waals surface area contributed by atoms with E-state index < -0.39 is 60.8 Å². The number of nitrogens with one attached hydrogen (secondary N) is 3. The number of amides is 2. The van der Waals surface area contributed by atoms with E-state index in [9.17, 15) is 27.2 Å². The standard InChI is InChI=1S/C27H23F4N5O4/c1-13(19-11-17(6-8-21(19)28)40-27(29,30)31)33-24(37)20-9-15(12-32-26(20)39-2)14-3-7-18-22(10-14)35-36-23(18)25(38)34-16-4-5-16/h3,6-13,16H,4-5H2,1-2H3,(H,33,37)(H,34,38)(H,35,36)/t13-/m1/s1/i1D3,2D3. The molecule has 1 atom stereocenters. The smallest absolute Gasteiger partial charge is 0.480 e. The van der Waals surface area contributed by atoms with Crippen molar-refractivity contribution in [2.45, 2.75) is 38.1 Å². The Morgan fingerprint density at radius 2 is 1.95 bits per heavy atom. The number of halogens is 4. The minimum absolute atomic E-state index is 0.100. The van der Waals surface area contributed by atoms with Gasteiger partial charge in [0.2, 0.25) is 5.88 Å². The molecule has 0 bridgehead atoms. The number of benzene rings is 2. The van der Waals surface area contributed by atoms with Gasteiger partial charge < -0.3 is 20.1 Å². The van der Waals surface area contributed by atoms with E-state index in [4.69, 9.17) is 13.0 Å². The maximum atomic E-state index is 14.8. The van der Waals surface area contributed by atoms with Gasteiger partial charge in [-0.15, -0.1) is 13.2 Å². The van der Waals surface area contributed by atoms with Crippen LogP contribution in [-0.2, 0) is 0 Å². The van der Waals surface area contributed by atoms with Gasteiger partial charge >= 0.3 is 6.36 Å². The lowest BCUT2D eigenvalue weighted by atomic mass is 10.0. The molecular weight excluding hydrogens is 534 g/mol. The van der Waals surface area contributed by atoms with Crippen LogP contribution >= 0.6 is 0 Å². The molecule has 5 rings (SSSR count). The first kappa shape index (κ1) is 20.3. The summed E-state index contributed by atoms with van der Waals surface area (Å²) in [5.41, 5.74) is -0.223. The number of carbonyl (C=O) groups excluding carboxylic acids is 2. The van der Waals surface area contributed by atoms with Gasteiger partial charge in [0.25, 0.3) is 11.8 Å². The number of aromatic nitrogens is 3. The number of rotatable bonds is 8. The van der Waals surface area contributed by atoms with Crippen LogP contribution in [0.1, 0.15) is 60.4 Å². The highest BCUT2D eigenvalue weighted by Crippen LogP contribution is 2.30. The molecule has 13 heteroatoms. The van der Waals surface area contributed by atoms with Gasteiger partial charge in [-0.3, -0.25) is 14.7 Å². The predicted octanol–water partition coefficient (Wildman–Crippen LogP) is 5.05. The molecule has 40 heavy (non-hydrogen) atoms. The van der Waals surface area contributed by atoms with E-state index in [2.05, 4.69) is 25.2 Å². The first-order valence-electron chi connectivity index (χ1n) is 14.7. The number of alkyl halides is 3. The quantitative estimate of drug-likeness (QED) is 0.258. The van der Waals surface area contributed by atoms with E-state index in [-0.39, 0.29) is 23.2 Å². The summed E-state index contributed by atoms with van der Waals surface area (Å²) in [7, 11) is -3.10. The Balaban J connectivity index is 1.51. The van der Waals surface area contributed by atoms with Crippen LogP contribution in [0.25, 0.3) is 22.0 Å². The van der Waals surface area contributed by atoms with Crippen LogP contribution < -0.4 is 20.1 Å². The third-order valence-electron chi connectivity index (χ3n) is 6.00. The third kappa shape index (κ3) is 5.82. The monoisotopic (exact) mass is 563 g/mol. The third-order valence-corrected chi connectivity index (χ3v) is 6.00. The van der Waals surface area contributed by atoms with Gasteiger partial charge in [-0.2, -0.15) is 5.10 Å². The zero-order valence-electron chi connectivity index (χ0n) is 26.2. The van der Waals surface area contributed by atoms with Crippen molar-refractivity contribution in [3.8, 4) is 22.8 Å². The maximum Gasteiger partial charge on any atom is 0.573 e. The van der Waals surface area contributed by atoms with Crippen molar-refractivity contribution in [1.82, 2.24) is 25.8 Å². The van der Waals surface area contributed by atoms with Crippen molar-refractivity contribution in [2.75, 3.05) is 7.04 Å². The largest absolute Gasteiger partial charge is 0.573 e. The molecule has 1 aliphatic rings. The Morgan fingerprint density at radius 1 is 1.12 bits per heavy atom. The van der Waals surface area contributed by atoms with E-state index in [1.54, 1.807) is 18.2 Å². The lowest BCUT2D eigenvalue weighted by Gasteiger charge is -2.18. The van der Waals surface area contributed by atoms with Crippen LogP contribution in [-0.4, -0.2) is 46.4 Å². The van der Waals surface area contributed by atoms with Crippen molar-refractivity contribution in [1.29, 1.82) is 0 Å². The first-order chi connectivity index (χ1) is 21.4. The summed E-state index contributed by atoms with van der Waals surface area (Å²) in [5.74, 6) is -4.59. The molecule has 2 heterocycles. The number of ether oxygens (including phenoxy) is 2. The Kier molecular flexibility index (Phi) is 5.30. The molecule has 1 aliphatic carbocycles. The zero-order valence-corrected chi connectivity index (χ0v) is 20.2. The highest BCUT2D eigenvalue weighted by molar-refractivity contribution is 6.05. The van der Waals surface area contributed by atoms with Crippen LogP contribution in [0.15, 0.2) is 48.7 Å². The molecule has 1 saturated carbocycles. The number of hydrogen-bond donors (Lipinski definition) is 3. The number of H-pyrrole nitrogens is 1. The van der Waals surface area contributed by atoms with Crippen LogP contribution in [0.3, 0.4) is 0 Å². The van der Waals surface area contributed by atoms with Gasteiger partial charge in [0.05, 0.1) is 22.7 Å². The fourth-order valence-corrected chi connectivity index (χ4v) is 3.93. The Labute approximate surface area is 233 Å². The van der Waals surface area contributed by atoms with Gasteiger partial charge in [-0.05, 0) is 61.7 Å². The molecule has 2 amide bonds. The molecule has 0 aliphatic heterocycles. The molecule has 208 valence electrons. The molecule has 0 unspecified atom stereocenters. The first-order valence-corrected chi connectivity index (χ1v) is 11.7. The normalized spacial score (nSPS) is 16.9. The lowest BCUT2D eigenvalue weighted by molar-refractivity contribution is -0.274. The zero-order chi connectivity index (χ0) is 33.6. The van der Waals surface area contributed by atoms with E-state index in [0.29, 0.717) is 34.7 Å². The Morgan fingerprint density at radius 3 is 2.67 bits per heavy atom. The summed E-state index contributed by atoms with van der Waals surface area (Å²) in [4.78, 5) is 30.0. The highest BCUT2D eigenvalue weighted by atomic mass is 19.4. The average molecular weight is 564 g/mol. The summed E-state index contributed by atoms with van der Waals surface area (Å²) >= 11 is 0. The number of hydrogen-bond acceptors (Lipinski definition) is 6. The lowest BCUT2D eigenvalue weighted by Crippen LogP contribution is -2.28. The van der Waals surface area contributed by atoms with Crippen molar-refractivity contribution in [3.05, 3.63) is 71.3 Å². The second-order valence-electron chi connectivity index (χ2n) is 8.90. The molecule has 0 radical (unpaired) electrons. The number of aromatic amines is 1. The van der Waals surface area contributed by atoms with Gasteiger partial charge in [-0.25, -0.2) is 9.37 Å².